The minimum atomic E-state index is 1.17. The van der Waals surface area contributed by atoms with Crippen LogP contribution in [0.25, 0.3) is 0 Å². The molecule has 0 aliphatic carbocycles. The normalized spacial score (nSPS) is 12.1. The summed E-state index contributed by atoms with van der Waals surface area (Å²) in [7, 11) is 0. The molecule has 0 fully saturated rings. The van der Waals surface area contributed by atoms with E-state index in [2.05, 4.69) is 37.8 Å². The molecule has 0 nitrogen and oxygen atoms in total. The predicted octanol–water partition coefficient (Wildman–Crippen LogP) is 5.20. The maximum atomic E-state index is 3.61. The van der Waals surface area contributed by atoms with E-state index in [9.17, 15) is 0 Å². The largest absolute Gasteiger partial charge is 0.0991 e. The van der Waals surface area contributed by atoms with Gasteiger partial charge < -0.3 is 0 Å². The molecular weight excluding hydrogens is 180 g/mol. The van der Waals surface area contributed by atoms with Gasteiger partial charge in [-0.2, -0.15) is 0 Å². The molecule has 0 heteroatoms. The van der Waals surface area contributed by atoms with Gasteiger partial charge in [0.25, 0.3) is 0 Å². The van der Waals surface area contributed by atoms with Crippen molar-refractivity contribution in [3.8, 4) is 0 Å². The Morgan fingerprint density at radius 3 is 2.13 bits per heavy atom. The van der Waals surface area contributed by atoms with Crippen LogP contribution in [0.2, 0.25) is 0 Å². The van der Waals surface area contributed by atoms with Crippen LogP contribution in [0.15, 0.2) is 49.1 Å². The van der Waals surface area contributed by atoms with E-state index in [1.54, 1.807) is 6.08 Å². The van der Waals surface area contributed by atoms with Crippen LogP contribution in [0.3, 0.4) is 0 Å². The fraction of sp³-hybridized carbons (Fsp3) is 0.467. The zero-order valence-electron chi connectivity index (χ0n) is 9.99. The highest BCUT2D eigenvalue weighted by Crippen LogP contribution is 2.01. The number of unbranched alkanes of at least 4 members (excludes halogenated alkanes) is 4. The van der Waals surface area contributed by atoms with Gasteiger partial charge >= 0.3 is 0 Å². The first-order chi connectivity index (χ1) is 7.41. The second-order valence-corrected chi connectivity index (χ2v) is 3.59. The number of rotatable bonds is 9. The molecular formula is C15H24. The average molecular weight is 204 g/mol. The monoisotopic (exact) mass is 204 g/mol. The number of allylic oxidation sites excluding steroid dienone is 7. The maximum absolute atomic E-state index is 3.61. The molecule has 0 aliphatic heterocycles. The molecule has 0 atom stereocenters. The van der Waals surface area contributed by atoms with Crippen molar-refractivity contribution >= 4 is 0 Å². The summed E-state index contributed by atoms with van der Waals surface area (Å²) in [5.74, 6) is 0. The third-order valence-corrected chi connectivity index (χ3v) is 2.13. The molecule has 0 aromatic carbocycles. The third kappa shape index (κ3) is 13.0. The Bertz CT molecular complexity index is 206. The van der Waals surface area contributed by atoms with E-state index in [1.165, 1.54) is 38.5 Å². The molecule has 0 N–H and O–H groups in total. The minimum Gasteiger partial charge on any atom is -0.0991 e. The SMILES string of the molecule is C=CC=CC=CCCCC=CCCCC. The quantitative estimate of drug-likeness (QED) is 0.275. The lowest BCUT2D eigenvalue weighted by Crippen LogP contribution is -1.70. The second kappa shape index (κ2) is 13.0. The highest BCUT2D eigenvalue weighted by Gasteiger charge is 1.81. The molecule has 0 spiro atoms. The van der Waals surface area contributed by atoms with E-state index in [-0.39, 0.29) is 0 Å². The zero-order chi connectivity index (χ0) is 11.2. The van der Waals surface area contributed by atoms with Crippen LogP contribution in [0.4, 0.5) is 0 Å². The Hall–Kier alpha value is -1.04. The molecule has 0 radical (unpaired) electrons. The molecule has 0 amide bonds. The molecule has 84 valence electrons. The van der Waals surface area contributed by atoms with Crippen LogP contribution in [0.5, 0.6) is 0 Å². The topological polar surface area (TPSA) is 0 Å². The molecule has 0 aromatic heterocycles. The van der Waals surface area contributed by atoms with Gasteiger partial charge in [0.2, 0.25) is 0 Å². The van der Waals surface area contributed by atoms with Crippen LogP contribution in [0.1, 0.15) is 45.4 Å². The van der Waals surface area contributed by atoms with Crippen LogP contribution < -0.4 is 0 Å². The fourth-order valence-electron chi connectivity index (χ4n) is 1.23. The lowest BCUT2D eigenvalue weighted by atomic mass is 10.2. The Morgan fingerprint density at radius 1 is 0.800 bits per heavy atom. The summed E-state index contributed by atoms with van der Waals surface area (Å²) in [4.78, 5) is 0. The van der Waals surface area contributed by atoms with Crippen LogP contribution in [0, 0.1) is 0 Å². The van der Waals surface area contributed by atoms with Crippen molar-refractivity contribution in [2.45, 2.75) is 45.4 Å². The van der Waals surface area contributed by atoms with Gasteiger partial charge in [-0.05, 0) is 25.7 Å². The van der Waals surface area contributed by atoms with Crippen LogP contribution >= 0.6 is 0 Å². The van der Waals surface area contributed by atoms with E-state index in [0.29, 0.717) is 0 Å². The lowest BCUT2D eigenvalue weighted by Gasteiger charge is -1.90. The van der Waals surface area contributed by atoms with Crippen molar-refractivity contribution in [2.75, 3.05) is 0 Å². The van der Waals surface area contributed by atoms with Gasteiger partial charge in [0.1, 0.15) is 0 Å². The van der Waals surface area contributed by atoms with Crippen molar-refractivity contribution < 1.29 is 0 Å². The molecule has 0 saturated carbocycles. The van der Waals surface area contributed by atoms with Gasteiger partial charge in [-0.25, -0.2) is 0 Å². The minimum absolute atomic E-state index is 1.17. The Balaban J connectivity index is 3.23. The molecule has 15 heavy (non-hydrogen) atoms. The summed E-state index contributed by atoms with van der Waals surface area (Å²) in [6, 6.07) is 0. The summed E-state index contributed by atoms with van der Waals surface area (Å²) in [6.07, 6.45) is 22.2. The molecule has 0 rings (SSSR count). The zero-order valence-corrected chi connectivity index (χ0v) is 9.99. The third-order valence-electron chi connectivity index (χ3n) is 2.13. The first-order valence-electron chi connectivity index (χ1n) is 6.01. The smallest absolute Gasteiger partial charge is 0.0345 e. The molecule has 0 heterocycles. The van der Waals surface area contributed by atoms with E-state index in [0.717, 1.165) is 0 Å². The standard InChI is InChI=1S/C15H24/c1-3-5-7-9-11-13-15-14-12-10-8-6-4-2/h3,5,7,9-12H,1,4,6,8,13-15H2,2H3. The molecule has 0 bridgehead atoms. The molecule has 0 saturated heterocycles. The Kier molecular flexibility index (Phi) is 12.1. The molecule has 0 aromatic rings. The highest BCUT2D eigenvalue weighted by molar-refractivity contribution is 5.08. The highest BCUT2D eigenvalue weighted by atomic mass is 13.9. The van der Waals surface area contributed by atoms with Crippen molar-refractivity contribution in [3.63, 3.8) is 0 Å². The van der Waals surface area contributed by atoms with E-state index in [4.69, 9.17) is 0 Å². The van der Waals surface area contributed by atoms with Gasteiger partial charge in [0.15, 0.2) is 0 Å². The van der Waals surface area contributed by atoms with Gasteiger partial charge in [-0.15, -0.1) is 0 Å². The van der Waals surface area contributed by atoms with E-state index < -0.39 is 0 Å². The van der Waals surface area contributed by atoms with Crippen molar-refractivity contribution in [1.82, 2.24) is 0 Å². The second-order valence-electron chi connectivity index (χ2n) is 3.59. The van der Waals surface area contributed by atoms with Crippen molar-refractivity contribution in [2.24, 2.45) is 0 Å². The Labute approximate surface area is 95.1 Å². The Morgan fingerprint density at radius 2 is 1.47 bits per heavy atom. The van der Waals surface area contributed by atoms with Gasteiger partial charge in [0.05, 0.1) is 0 Å². The van der Waals surface area contributed by atoms with Crippen LogP contribution in [-0.4, -0.2) is 0 Å². The summed E-state index contributed by atoms with van der Waals surface area (Å²) in [6.45, 7) is 5.85. The van der Waals surface area contributed by atoms with E-state index in [1.807, 2.05) is 12.2 Å². The summed E-state index contributed by atoms with van der Waals surface area (Å²) in [5, 5.41) is 0. The van der Waals surface area contributed by atoms with Gasteiger partial charge in [-0.1, -0.05) is 68.9 Å². The number of hydrogen-bond donors (Lipinski definition) is 0. The van der Waals surface area contributed by atoms with Gasteiger partial charge in [-0.3, -0.25) is 0 Å². The van der Waals surface area contributed by atoms with Gasteiger partial charge in [0, 0.05) is 0 Å². The fourth-order valence-corrected chi connectivity index (χ4v) is 1.23. The lowest BCUT2D eigenvalue weighted by molar-refractivity contribution is 0.805. The molecule has 0 unspecified atom stereocenters. The summed E-state index contributed by atoms with van der Waals surface area (Å²) in [5.41, 5.74) is 0. The summed E-state index contributed by atoms with van der Waals surface area (Å²) < 4.78 is 0. The van der Waals surface area contributed by atoms with Crippen molar-refractivity contribution in [1.29, 1.82) is 0 Å². The van der Waals surface area contributed by atoms with Crippen molar-refractivity contribution in [3.05, 3.63) is 49.1 Å². The number of hydrogen-bond acceptors (Lipinski definition) is 0. The predicted molar refractivity (Wildman–Crippen MR) is 71.0 cm³/mol. The summed E-state index contributed by atoms with van der Waals surface area (Å²) >= 11 is 0. The maximum Gasteiger partial charge on any atom is -0.0345 e. The first kappa shape index (κ1) is 14.0. The van der Waals surface area contributed by atoms with Crippen LogP contribution in [-0.2, 0) is 0 Å². The molecule has 0 aliphatic rings. The van der Waals surface area contributed by atoms with E-state index >= 15 is 0 Å². The average Bonchev–Trinajstić information content (AvgIpc) is 2.26. The first-order valence-corrected chi connectivity index (χ1v) is 6.01.